The number of halogens is 1. The molecule has 1 amide bonds. The predicted octanol–water partition coefficient (Wildman–Crippen LogP) is 4.22. The van der Waals surface area contributed by atoms with Gasteiger partial charge in [0.15, 0.2) is 5.13 Å². The van der Waals surface area contributed by atoms with Gasteiger partial charge in [-0.3, -0.25) is 4.79 Å². The maximum atomic E-state index is 13.0. The van der Waals surface area contributed by atoms with Gasteiger partial charge in [-0.1, -0.05) is 0 Å². The number of carbonyl (C=O) groups excluding carboxylic acids is 1. The fourth-order valence-corrected chi connectivity index (χ4v) is 3.10. The Balaban J connectivity index is 1.63. The van der Waals surface area contributed by atoms with E-state index >= 15 is 0 Å². The van der Waals surface area contributed by atoms with Crippen LogP contribution in [0.3, 0.4) is 0 Å². The van der Waals surface area contributed by atoms with Gasteiger partial charge in [-0.05, 0) is 36.4 Å². The number of ether oxygens (including phenoxy) is 2. The van der Waals surface area contributed by atoms with E-state index in [9.17, 15) is 9.18 Å². The molecule has 3 aromatic rings. The molecular formula is C19H18FN3O3S. The van der Waals surface area contributed by atoms with Gasteiger partial charge in [-0.25, -0.2) is 9.37 Å². The second kappa shape index (κ2) is 8.50. The van der Waals surface area contributed by atoms with E-state index < -0.39 is 0 Å². The lowest BCUT2D eigenvalue weighted by Crippen LogP contribution is -2.15. The Kier molecular flexibility index (Phi) is 5.87. The quantitative estimate of drug-likeness (QED) is 0.635. The molecule has 0 spiro atoms. The summed E-state index contributed by atoms with van der Waals surface area (Å²) in [6, 6.07) is 11.2. The Bertz CT molecular complexity index is 928. The van der Waals surface area contributed by atoms with E-state index in [0.29, 0.717) is 28.0 Å². The highest BCUT2D eigenvalue weighted by Gasteiger charge is 2.12. The summed E-state index contributed by atoms with van der Waals surface area (Å²) in [6.45, 7) is 0. The van der Waals surface area contributed by atoms with E-state index in [0.717, 1.165) is 5.69 Å². The minimum atomic E-state index is -0.301. The first kappa shape index (κ1) is 18.7. The van der Waals surface area contributed by atoms with Crippen LogP contribution in [0, 0.1) is 5.82 Å². The van der Waals surface area contributed by atoms with Crippen LogP contribution in [0.15, 0.2) is 47.8 Å². The molecule has 2 aromatic carbocycles. The van der Waals surface area contributed by atoms with Crippen LogP contribution < -0.4 is 20.1 Å². The Morgan fingerprint density at radius 2 is 1.93 bits per heavy atom. The highest BCUT2D eigenvalue weighted by Crippen LogP contribution is 2.29. The van der Waals surface area contributed by atoms with Crippen LogP contribution in [0.2, 0.25) is 0 Å². The largest absolute Gasteiger partial charge is 0.497 e. The van der Waals surface area contributed by atoms with E-state index in [1.54, 1.807) is 42.8 Å². The first-order chi connectivity index (χ1) is 13.1. The summed E-state index contributed by atoms with van der Waals surface area (Å²) in [4.78, 5) is 16.7. The molecule has 3 rings (SSSR count). The number of hydrogen-bond acceptors (Lipinski definition) is 6. The molecule has 1 heterocycles. The zero-order valence-electron chi connectivity index (χ0n) is 14.8. The first-order valence-electron chi connectivity index (χ1n) is 8.06. The smallest absolute Gasteiger partial charge is 0.230 e. The molecule has 0 atom stereocenters. The average Bonchev–Trinajstić information content (AvgIpc) is 3.10. The van der Waals surface area contributed by atoms with Crippen molar-refractivity contribution in [1.82, 2.24) is 4.98 Å². The Labute approximate surface area is 160 Å². The van der Waals surface area contributed by atoms with E-state index in [2.05, 4.69) is 15.6 Å². The van der Waals surface area contributed by atoms with Gasteiger partial charge in [-0.15, -0.1) is 11.3 Å². The third-order valence-electron chi connectivity index (χ3n) is 3.67. The Morgan fingerprint density at radius 1 is 1.15 bits per heavy atom. The molecule has 0 aliphatic carbocycles. The van der Waals surface area contributed by atoms with Gasteiger partial charge in [0.2, 0.25) is 5.91 Å². The minimum Gasteiger partial charge on any atom is -0.497 e. The van der Waals surface area contributed by atoms with Crippen LogP contribution in [-0.2, 0) is 11.2 Å². The highest BCUT2D eigenvalue weighted by atomic mass is 32.1. The SMILES string of the molecule is COc1ccc(OC)c(NC(=O)Cc2csc(Nc3ccc(F)cc3)n2)c1. The van der Waals surface area contributed by atoms with Gasteiger partial charge in [0.1, 0.15) is 17.3 Å². The summed E-state index contributed by atoms with van der Waals surface area (Å²) in [7, 11) is 3.09. The fourth-order valence-electron chi connectivity index (χ4n) is 2.37. The number of aromatic nitrogens is 1. The van der Waals surface area contributed by atoms with Gasteiger partial charge < -0.3 is 20.1 Å². The maximum Gasteiger partial charge on any atom is 0.230 e. The van der Waals surface area contributed by atoms with Crippen molar-refractivity contribution in [2.75, 3.05) is 24.9 Å². The summed E-state index contributed by atoms with van der Waals surface area (Å²) < 4.78 is 23.4. The van der Waals surface area contributed by atoms with E-state index in [1.165, 1.54) is 30.6 Å². The molecule has 0 radical (unpaired) electrons. The molecule has 0 aliphatic heterocycles. The lowest BCUT2D eigenvalue weighted by atomic mass is 10.2. The molecule has 0 saturated heterocycles. The number of anilines is 3. The number of nitrogens with one attached hydrogen (secondary N) is 2. The molecule has 2 N–H and O–H groups in total. The second-order valence-electron chi connectivity index (χ2n) is 5.57. The van der Waals surface area contributed by atoms with Gasteiger partial charge >= 0.3 is 0 Å². The number of amides is 1. The lowest BCUT2D eigenvalue weighted by Gasteiger charge is -2.11. The number of nitrogens with zero attached hydrogens (tertiary/aromatic N) is 1. The highest BCUT2D eigenvalue weighted by molar-refractivity contribution is 7.13. The van der Waals surface area contributed by atoms with Crippen molar-refractivity contribution in [1.29, 1.82) is 0 Å². The summed E-state index contributed by atoms with van der Waals surface area (Å²) in [5, 5.41) is 8.32. The zero-order chi connectivity index (χ0) is 19.2. The normalized spacial score (nSPS) is 10.3. The fraction of sp³-hybridized carbons (Fsp3) is 0.158. The first-order valence-corrected chi connectivity index (χ1v) is 8.94. The number of benzene rings is 2. The number of rotatable bonds is 7. The number of methoxy groups -OCH3 is 2. The molecule has 6 nitrogen and oxygen atoms in total. The van der Waals surface area contributed by atoms with Crippen molar-refractivity contribution in [2.24, 2.45) is 0 Å². The third kappa shape index (κ3) is 4.95. The minimum absolute atomic E-state index is 0.113. The molecule has 1 aromatic heterocycles. The summed E-state index contributed by atoms with van der Waals surface area (Å²) in [6.07, 6.45) is 0.113. The van der Waals surface area contributed by atoms with E-state index in [-0.39, 0.29) is 18.1 Å². The number of carbonyl (C=O) groups is 1. The van der Waals surface area contributed by atoms with Crippen molar-refractivity contribution in [3.63, 3.8) is 0 Å². The van der Waals surface area contributed by atoms with Crippen LogP contribution in [0.25, 0.3) is 0 Å². The van der Waals surface area contributed by atoms with Crippen LogP contribution in [0.1, 0.15) is 5.69 Å². The van der Waals surface area contributed by atoms with Crippen molar-refractivity contribution >= 4 is 33.8 Å². The predicted molar refractivity (Wildman–Crippen MR) is 104 cm³/mol. The Morgan fingerprint density at radius 3 is 2.63 bits per heavy atom. The van der Waals surface area contributed by atoms with Gasteiger partial charge in [0.05, 0.1) is 32.0 Å². The van der Waals surface area contributed by atoms with Crippen LogP contribution in [0.4, 0.5) is 20.9 Å². The molecule has 0 unspecified atom stereocenters. The summed E-state index contributed by atoms with van der Waals surface area (Å²) in [5.74, 6) is 0.636. The second-order valence-corrected chi connectivity index (χ2v) is 6.43. The van der Waals surface area contributed by atoms with Crippen LogP contribution in [0.5, 0.6) is 11.5 Å². The van der Waals surface area contributed by atoms with Gasteiger partial charge in [0.25, 0.3) is 0 Å². The van der Waals surface area contributed by atoms with Crippen molar-refractivity contribution < 1.29 is 18.7 Å². The van der Waals surface area contributed by atoms with E-state index in [4.69, 9.17) is 9.47 Å². The van der Waals surface area contributed by atoms with Crippen LogP contribution in [-0.4, -0.2) is 25.1 Å². The Hall–Kier alpha value is -3.13. The van der Waals surface area contributed by atoms with Crippen molar-refractivity contribution in [2.45, 2.75) is 6.42 Å². The van der Waals surface area contributed by atoms with E-state index in [1.807, 2.05) is 0 Å². The third-order valence-corrected chi connectivity index (χ3v) is 4.48. The molecule has 0 aliphatic rings. The zero-order valence-corrected chi connectivity index (χ0v) is 15.6. The maximum absolute atomic E-state index is 13.0. The number of thiazole rings is 1. The molecule has 140 valence electrons. The standard InChI is InChI=1S/C19H18FN3O3S/c1-25-15-7-8-17(26-2)16(10-15)23-18(24)9-14-11-27-19(22-14)21-13-5-3-12(20)4-6-13/h3-8,10-11H,9H2,1-2H3,(H,21,22)(H,23,24). The molecule has 8 heteroatoms. The topological polar surface area (TPSA) is 72.5 Å². The van der Waals surface area contributed by atoms with Crippen molar-refractivity contribution in [3.05, 3.63) is 59.4 Å². The molecule has 0 saturated carbocycles. The molecule has 0 fully saturated rings. The van der Waals surface area contributed by atoms with Crippen molar-refractivity contribution in [3.8, 4) is 11.5 Å². The summed E-state index contributed by atoms with van der Waals surface area (Å²) in [5.41, 5.74) is 1.88. The lowest BCUT2D eigenvalue weighted by molar-refractivity contribution is -0.115. The molecule has 0 bridgehead atoms. The monoisotopic (exact) mass is 387 g/mol. The number of hydrogen-bond donors (Lipinski definition) is 2. The van der Waals surface area contributed by atoms with Gasteiger partial charge in [-0.2, -0.15) is 0 Å². The summed E-state index contributed by atoms with van der Waals surface area (Å²) >= 11 is 1.37. The molecular weight excluding hydrogens is 369 g/mol. The average molecular weight is 387 g/mol. The van der Waals surface area contributed by atoms with Gasteiger partial charge in [0, 0.05) is 17.1 Å². The van der Waals surface area contributed by atoms with Crippen LogP contribution >= 0.6 is 11.3 Å². The molecule has 27 heavy (non-hydrogen) atoms.